The summed E-state index contributed by atoms with van der Waals surface area (Å²) in [5.74, 6) is 0.296. The minimum absolute atomic E-state index is 0.291. The summed E-state index contributed by atoms with van der Waals surface area (Å²) < 4.78 is 12.5. The van der Waals surface area contributed by atoms with Crippen LogP contribution < -0.4 is 10.2 Å². The molecule has 9 nitrogen and oxygen atoms in total. The Morgan fingerprint density at radius 1 is 1.26 bits per heavy atom. The Morgan fingerprint density at radius 2 is 2.11 bits per heavy atom. The van der Waals surface area contributed by atoms with Gasteiger partial charge in [0.05, 0.1) is 19.4 Å². The van der Waals surface area contributed by atoms with E-state index in [0.717, 1.165) is 18.2 Å². The number of morpholine rings is 1. The van der Waals surface area contributed by atoms with Crippen LogP contribution >= 0.6 is 11.3 Å². The Balaban J connectivity index is 1.35. The molecule has 0 bridgehead atoms. The molecular weight excluding hydrogens is 368 g/mol. The number of hydrogen-bond donors (Lipinski definition) is 1. The van der Waals surface area contributed by atoms with Crippen molar-refractivity contribution in [3.8, 4) is 0 Å². The first-order chi connectivity index (χ1) is 13.2. The van der Waals surface area contributed by atoms with E-state index in [1.54, 1.807) is 35.8 Å². The number of rotatable bonds is 3. The zero-order valence-corrected chi connectivity index (χ0v) is 15.3. The number of aryl methyl sites for hydroxylation is 1. The van der Waals surface area contributed by atoms with Gasteiger partial charge in [0.2, 0.25) is 10.1 Å². The molecule has 5 rings (SSSR count). The number of nitrogens with one attached hydrogen (secondary N) is 1. The van der Waals surface area contributed by atoms with Gasteiger partial charge >= 0.3 is 0 Å². The minimum Gasteiger partial charge on any atom is -0.441 e. The maximum absolute atomic E-state index is 12.5. The standard InChI is InChI=1S/C17H16N6O3S/c1-10-18-12-8-11(2-3-14(12)26-10)19-15(24)13-9-23-16(20-13)27-17(21-23)22-4-6-25-7-5-22/h2-3,8-9H,4-7H2,1H3,(H,19,24). The van der Waals surface area contributed by atoms with Crippen LogP contribution in [0.25, 0.3) is 16.1 Å². The molecule has 1 amide bonds. The van der Waals surface area contributed by atoms with Gasteiger partial charge in [-0.3, -0.25) is 4.79 Å². The Hall–Kier alpha value is -2.98. The average molecular weight is 384 g/mol. The SMILES string of the molecule is Cc1nc2cc(NC(=O)c3cn4nc(N5CCOCC5)sc4n3)ccc2o1. The molecule has 1 aliphatic rings. The molecule has 1 aromatic carbocycles. The van der Waals surface area contributed by atoms with Crippen molar-refractivity contribution in [1.29, 1.82) is 0 Å². The number of oxazole rings is 1. The molecule has 0 radical (unpaired) electrons. The Labute approximate surface area is 157 Å². The molecule has 4 heterocycles. The molecule has 1 aliphatic heterocycles. The van der Waals surface area contributed by atoms with Crippen molar-refractivity contribution >= 4 is 44.1 Å². The van der Waals surface area contributed by atoms with Crippen molar-refractivity contribution < 1.29 is 13.9 Å². The highest BCUT2D eigenvalue weighted by atomic mass is 32.1. The van der Waals surface area contributed by atoms with Crippen molar-refractivity contribution in [1.82, 2.24) is 19.6 Å². The number of hydrogen-bond acceptors (Lipinski definition) is 8. The van der Waals surface area contributed by atoms with Crippen LogP contribution in [0.1, 0.15) is 16.4 Å². The van der Waals surface area contributed by atoms with E-state index >= 15 is 0 Å². The van der Waals surface area contributed by atoms with Crippen molar-refractivity contribution in [2.45, 2.75) is 6.92 Å². The van der Waals surface area contributed by atoms with Crippen LogP contribution in [0.4, 0.5) is 10.8 Å². The molecule has 0 spiro atoms. The normalized spacial score (nSPS) is 14.9. The molecule has 1 N–H and O–H groups in total. The van der Waals surface area contributed by atoms with Crippen molar-refractivity contribution in [2.24, 2.45) is 0 Å². The smallest absolute Gasteiger partial charge is 0.275 e. The second-order valence-corrected chi connectivity index (χ2v) is 7.14. The lowest BCUT2D eigenvalue weighted by Crippen LogP contribution is -2.36. The van der Waals surface area contributed by atoms with Crippen LogP contribution in [0.2, 0.25) is 0 Å². The maximum atomic E-state index is 12.5. The first kappa shape index (κ1) is 16.2. The largest absolute Gasteiger partial charge is 0.441 e. The van der Waals surface area contributed by atoms with Crippen LogP contribution in [0.15, 0.2) is 28.8 Å². The minimum atomic E-state index is -0.291. The average Bonchev–Trinajstić information content (AvgIpc) is 3.33. The summed E-state index contributed by atoms with van der Waals surface area (Å²) >= 11 is 1.46. The van der Waals surface area contributed by atoms with E-state index in [1.165, 1.54) is 11.3 Å². The number of anilines is 2. The second kappa shape index (κ2) is 6.32. The van der Waals surface area contributed by atoms with Crippen molar-refractivity contribution in [3.63, 3.8) is 0 Å². The molecule has 0 saturated carbocycles. The third-order valence-corrected chi connectivity index (χ3v) is 5.28. The predicted molar refractivity (Wildman–Crippen MR) is 101 cm³/mol. The van der Waals surface area contributed by atoms with Gasteiger partial charge in [0.1, 0.15) is 11.2 Å². The lowest BCUT2D eigenvalue weighted by molar-refractivity contribution is 0.102. The van der Waals surface area contributed by atoms with Gasteiger partial charge in [-0.15, -0.1) is 5.10 Å². The summed E-state index contributed by atoms with van der Waals surface area (Å²) in [5, 5.41) is 8.26. The molecule has 0 unspecified atom stereocenters. The summed E-state index contributed by atoms with van der Waals surface area (Å²) in [5.41, 5.74) is 2.35. The van der Waals surface area contributed by atoms with Crippen molar-refractivity contribution in [3.05, 3.63) is 36.0 Å². The zero-order valence-electron chi connectivity index (χ0n) is 14.5. The highest BCUT2D eigenvalue weighted by Crippen LogP contribution is 2.24. The summed E-state index contributed by atoms with van der Waals surface area (Å²) in [6.07, 6.45) is 1.64. The topological polar surface area (TPSA) is 97.8 Å². The van der Waals surface area contributed by atoms with Crippen LogP contribution in [0.3, 0.4) is 0 Å². The fourth-order valence-corrected chi connectivity index (χ4v) is 3.93. The highest BCUT2D eigenvalue weighted by molar-refractivity contribution is 7.20. The summed E-state index contributed by atoms with van der Waals surface area (Å²) in [7, 11) is 0. The van der Waals surface area contributed by atoms with E-state index in [4.69, 9.17) is 9.15 Å². The summed E-state index contributed by atoms with van der Waals surface area (Å²) in [4.78, 5) is 24.1. The number of aromatic nitrogens is 4. The number of imidazole rings is 1. The van der Waals surface area contributed by atoms with Crippen LogP contribution in [0, 0.1) is 6.92 Å². The lowest BCUT2D eigenvalue weighted by atomic mass is 10.3. The Morgan fingerprint density at radius 3 is 2.93 bits per heavy atom. The molecule has 4 aromatic rings. The van der Waals surface area contributed by atoms with Gasteiger partial charge in [0.25, 0.3) is 5.91 Å². The van der Waals surface area contributed by atoms with E-state index < -0.39 is 0 Å². The fraction of sp³-hybridized carbons (Fsp3) is 0.294. The molecular formula is C17H16N6O3S. The van der Waals surface area contributed by atoms with Crippen molar-refractivity contribution in [2.75, 3.05) is 36.5 Å². The van der Waals surface area contributed by atoms with Gasteiger partial charge in [-0.25, -0.2) is 14.5 Å². The Kier molecular flexibility index (Phi) is 3.80. The fourth-order valence-electron chi connectivity index (χ4n) is 3.00. The lowest BCUT2D eigenvalue weighted by Gasteiger charge is -2.25. The zero-order chi connectivity index (χ0) is 18.4. The number of fused-ring (bicyclic) bond motifs is 2. The second-order valence-electron chi connectivity index (χ2n) is 6.21. The first-order valence-electron chi connectivity index (χ1n) is 8.53. The molecule has 3 aromatic heterocycles. The molecule has 1 saturated heterocycles. The van der Waals surface area contributed by atoms with E-state index in [2.05, 4.69) is 25.3 Å². The van der Waals surface area contributed by atoms with Gasteiger partial charge in [-0.05, 0) is 18.2 Å². The van der Waals surface area contributed by atoms with Gasteiger partial charge in [0.15, 0.2) is 11.5 Å². The summed E-state index contributed by atoms with van der Waals surface area (Å²) in [6.45, 7) is 4.81. The quantitative estimate of drug-likeness (QED) is 0.579. The van der Waals surface area contributed by atoms with Gasteiger partial charge < -0.3 is 19.4 Å². The molecule has 0 aliphatic carbocycles. The van der Waals surface area contributed by atoms with E-state index in [1.807, 2.05) is 0 Å². The number of amides is 1. The van der Waals surface area contributed by atoms with Crippen LogP contribution in [-0.4, -0.2) is 51.8 Å². The van der Waals surface area contributed by atoms with E-state index in [0.29, 0.717) is 46.5 Å². The molecule has 27 heavy (non-hydrogen) atoms. The highest BCUT2D eigenvalue weighted by Gasteiger charge is 2.19. The van der Waals surface area contributed by atoms with E-state index in [9.17, 15) is 4.79 Å². The number of ether oxygens (including phenoxy) is 1. The van der Waals surface area contributed by atoms with Gasteiger partial charge in [-0.1, -0.05) is 11.3 Å². The monoisotopic (exact) mass is 384 g/mol. The van der Waals surface area contributed by atoms with E-state index in [-0.39, 0.29) is 5.91 Å². The molecule has 0 atom stereocenters. The van der Waals surface area contributed by atoms with Crippen LogP contribution in [-0.2, 0) is 4.74 Å². The number of carbonyl (C=O) groups is 1. The number of benzene rings is 1. The Bertz CT molecular complexity index is 1110. The number of carbonyl (C=O) groups excluding carboxylic acids is 1. The first-order valence-corrected chi connectivity index (χ1v) is 9.35. The summed E-state index contributed by atoms with van der Waals surface area (Å²) in [6, 6.07) is 5.34. The third kappa shape index (κ3) is 3.02. The molecule has 1 fully saturated rings. The van der Waals surface area contributed by atoms with Gasteiger partial charge in [0, 0.05) is 25.7 Å². The van der Waals surface area contributed by atoms with Crippen LogP contribution in [0.5, 0.6) is 0 Å². The number of nitrogens with zero attached hydrogens (tertiary/aromatic N) is 5. The third-order valence-electron chi connectivity index (χ3n) is 4.30. The maximum Gasteiger partial charge on any atom is 0.275 e. The molecule has 10 heteroatoms. The van der Waals surface area contributed by atoms with Gasteiger partial charge in [-0.2, -0.15) is 0 Å². The predicted octanol–water partition coefficient (Wildman–Crippen LogP) is 2.33. The molecule has 138 valence electrons.